The van der Waals surface area contributed by atoms with Gasteiger partial charge in [0, 0.05) is 24.8 Å². The fourth-order valence-electron chi connectivity index (χ4n) is 4.24. The highest BCUT2D eigenvalue weighted by Gasteiger charge is 2.32. The lowest BCUT2D eigenvalue weighted by molar-refractivity contribution is -0.121. The van der Waals surface area contributed by atoms with Gasteiger partial charge in [0.05, 0.1) is 17.9 Å². The van der Waals surface area contributed by atoms with Gasteiger partial charge in [0.15, 0.2) is 18.2 Å². The summed E-state index contributed by atoms with van der Waals surface area (Å²) in [5.41, 5.74) is 4.20. The lowest BCUT2D eigenvalue weighted by atomic mass is 9.88. The van der Waals surface area contributed by atoms with E-state index >= 15 is 0 Å². The van der Waals surface area contributed by atoms with Crippen molar-refractivity contribution in [2.75, 3.05) is 18.1 Å². The first-order valence-electron chi connectivity index (χ1n) is 10.8. The summed E-state index contributed by atoms with van der Waals surface area (Å²) in [4.78, 5) is 37.2. The number of aryl methyl sites for hydroxylation is 2. The Labute approximate surface area is 195 Å². The molecular weight excluding hydrogens is 440 g/mol. The summed E-state index contributed by atoms with van der Waals surface area (Å²) in [5, 5.41) is 8.11. The largest absolute Gasteiger partial charge is 0.480 e. The summed E-state index contributed by atoms with van der Waals surface area (Å²) >= 11 is 1.33. The maximum absolute atomic E-state index is 12.8. The number of nitrogens with one attached hydrogen (secondary N) is 1. The molecule has 1 N–H and O–H groups in total. The van der Waals surface area contributed by atoms with Crippen molar-refractivity contribution in [1.29, 1.82) is 0 Å². The number of aromatic nitrogens is 4. The molecule has 0 saturated heterocycles. The molecule has 0 spiro atoms. The van der Waals surface area contributed by atoms with Gasteiger partial charge in [0.2, 0.25) is 0 Å². The van der Waals surface area contributed by atoms with Crippen LogP contribution in [0.15, 0.2) is 12.1 Å². The van der Waals surface area contributed by atoms with Crippen LogP contribution in [0.3, 0.4) is 0 Å². The van der Waals surface area contributed by atoms with Gasteiger partial charge in [-0.05, 0) is 37.8 Å². The van der Waals surface area contributed by atoms with Crippen molar-refractivity contribution < 1.29 is 14.3 Å². The van der Waals surface area contributed by atoms with E-state index in [0.29, 0.717) is 46.7 Å². The maximum Gasteiger partial charge on any atom is 0.266 e. The standard InChI is InChI=1S/C23H26N6O3S/c1-12-14(13(2)28(5)27-12)9-29-18(30)10-32-17-7-6-15(25-20(17)29)22-26-16-8-23(3,4)11-24-21(31)19(16)33-22/h6-7H,8-11H2,1-5H3,(H,24,31). The van der Waals surface area contributed by atoms with Gasteiger partial charge in [0.25, 0.3) is 11.8 Å². The molecule has 2 amide bonds. The minimum absolute atomic E-state index is 0.0345. The monoisotopic (exact) mass is 466 g/mol. The Balaban J connectivity index is 1.54. The summed E-state index contributed by atoms with van der Waals surface area (Å²) in [6.07, 6.45) is 0.704. The summed E-state index contributed by atoms with van der Waals surface area (Å²) in [6, 6.07) is 3.64. The van der Waals surface area contributed by atoms with E-state index in [1.807, 2.05) is 37.7 Å². The predicted octanol–water partition coefficient (Wildman–Crippen LogP) is 2.79. The van der Waals surface area contributed by atoms with E-state index in [1.54, 1.807) is 4.90 Å². The molecule has 0 bridgehead atoms. The van der Waals surface area contributed by atoms with E-state index in [9.17, 15) is 9.59 Å². The highest BCUT2D eigenvalue weighted by atomic mass is 32.1. The topological polar surface area (TPSA) is 102 Å². The van der Waals surface area contributed by atoms with Gasteiger partial charge >= 0.3 is 0 Å². The summed E-state index contributed by atoms with van der Waals surface area (Å²) in [5.74, 6) is 0.752. The molecule has 10 heteroatoms. The highest BCUT2D eigenvalue weighted by Crippen LogP contribution is 2.37. The summed E-state index contributed by atoms with van der Waals surface area (Å²) in [6.45, 7) is 9.09. The molecule has 3 aromatic heterocycles. The number of pyridine rings is 1. The van der Waals surface area contributed by atoms with Crippen LogP contribution >= 0.6 is 11.3 Å². The van der Waals surface area contributed by atoms with E-state index in [-0.39, 0.29) is 23.8 Å². The van der Waals surface area contributed by atoms with Crippen molar-refractivity contribution in [3.63, 3.8) is 0 Å². The molecule has 2 aliphatic heterocycles. The Hall–Kier alpha value is -3.27. The van der Waals surface area contributed by atoms with Crippen molar-refractivity contribution in [2.45, 2.75) is 40.7 Å². The van der Waals surface area contributed by atoms with Crippen LogP contribution < -0.4 is 15.0 Å². The minimum atomic E-state index is -0.161. The third-order valence-electron chi connectivity index (χ3n) is 6.22. The van der Waals surface area contributed by atoms with Gasteiger partial charge in [-0.3, -0.25) is 19.2 Å². The second-order valence-electron chi connectivity index (χ2n) is 9.38. The van der Waals surface area contributed by atoms with Crippen LogP contribution in [0.1, 0.15) is 46.2 Å². The molecular formula is C23H26N6O3S. The van der Waals surface area contributed by atoms with E-state index in [0.717, 1.165) is 22.6 Å². The Morgan fingerprint density at radius 3 is 2.73 bits per heavy atom. The van der Waals surface area contributed by atoms with Crippen LogP contribution in [0.25, 0.3) is 10.7 Å². The molecule has 172 valence electrons. The molecule has 0 fully saturated rings. The zero-order valence-corrected chi connectivity index (χ0v) is 20.2. The number of carbonyl (C=O) groups excluding carboxylic acids is 2. The van der Waals surface area contributed by atoms with E-state index in [1.165, 1.54) is 11.3 Å². The molecule has 9 nitrogen and oxygen atoms in total. The molecule has 33 heavy (non-hydrogen) atoms. The van der Waals surface area contributed by atoms with Crippen LogP contribution in [-0.4, -0.2) is 44.7 Å². The molecule has 5 heterocycles. The number of hydrogen-bond acceptors (Lipinski definition) is 7. The van der Waals surface area contributed by atoms with Crippen LogP contribution in [-0.2, 0) is 24.8 Å². The SMILES string of the molecule is Cc1nn(C)c(C)c1CN1C(=O)COc2ccc(-c3nc4c(s3)C(=O)NCC(C)(C)C4)nc21. The zero-order chi connectivity index (χ0) is 23.5. The van der Waals surface area contributed by atoms with Gasteiger partial charge in [-0.15, -0.1) is 11.3 Å². The number of carbonyl (C=O) groups is 2. The van der Waals surface area contributed by atoms with Crippen molar-refractivity contribution in [1.82, 2.24) is 25.1 Å². The number of fused-ring (bicyclic) bond motifs is 2. The third kappa shape index (κ3) is 3.78. The van der Waals surface area contributed by atoms with Gasteiger partial charge in [-0.1, -0.05) is 13.8 Å². The molecule has 0 aromatic carbocycles. The van der Waals surface area contributed by atoms with Crippen molar-refractivity contribution >= 4 is 29.0 Å². The first-order valence-corrected chi connectivity index (χ1v) is 11.7. The maximum atomic E-state index is 12.8. The fraction of sp³-hybridized carbons (Fsp3) is 0.435. The van der Waals surface area contributed by atoms with E-state index < -0.39 is 0 Å². The lowest BCUT2D eigenvalue weighted by Gasteiger charge is -2.28. The van der Waals surface area contributed by atoms with Gasteiger partial charge in [-0.2, -0.15) is 5.10 Å². The normalized spacial score (nSPS) is 17.2. The Bertz CT molecular complexity index is 1290. The smallest absolute Gasteiger partial charge is 0.266 e. The zero-order valence-electron chi connectivity index (χ0n) is 19.4. The Kier molecular flexibility index (Phi) is 5.00. The molecule has 0 unspecified atom stereocenters. The van der Waals surface area contributed by atoms with E-state index in [4.69, 9.17) is 14.7 Å². The third-order valence-corrected chi connectivity index (χ3v) is 7.34. The molecule has 5 rings (SSSR count). The number of amides is 2. The summed E-state index contributed by atoms with van der Waals surface area (Å²) < 4.78 is 7.46. The second-order valence-corrected chi connectivity index (χ2v) is 10.4. The second kappa shape index (κ2) is 7.65. The minimum Gasteiger partial charge on any atom is -0.480 e. The van der Waals surface area contributed by atoms with Crippen LogP contribution in [0.4, 0.5) is 5.82 Å². The fourth-order valence-corrected chi connectivity index (χ4v) is 5.21. The van der Waals surface area contributed by atoms with E-state index in [2.05, 4.69) is 24.3 Å². The molecule has 0 aliphatic carbocycles. The lowest BCUT2D eigenvalue weighted by Crippen LogP contribution is -2.39. The first kappa shape index (κ1) is 21.6. The molecule has 2 aliphatic rings. The van der Waals surface area contributed by atoms with Gasteiger partial charge in [-0.25, -0.2) is 9.97 Å². The van der Waals surface area contributed by atoms with Crippen LogP contribution in [0.2, 0.25) is 0 Å². The van der Waals surface area contributed by atoms with Crippen molar-refractivity contribution in [2.24, 2.45) is 12.5 Å². The number of ether oxygens (including phenoxy) is 1. The number of hydrogen-bond donors (Lipinski definition) is 1. The average molecular weight is 467 g/mol. The number of nitrogens with zero attached hydrogens (tertiary/aromatic N) is 5. The predicted molar refractivity (Wildman–Crippen MR) is 125 cm³/mol. The highest BCUT2D eigenvalue weighted by molar-refractivity contribution is 7.17. The Morgan fingerprint density at radius 2 is 2.00 bits per heavy atom. The molecule has 0 atom stereocenters. The molecule has 3 aromatic rings. The number of anilines is 1. The van der Waals surface area contributed by atoms with Crippen molar-refractivity contribution in [3.8, 4) is 16.5 Å². The quantitative estimate of drug-likeness (QED) is 0.637. The van der Waals surface area contributed by atoms with Crippen LogP contribution in [0.5, 0.6) is 5.75 Å². The van der Waals surface area contributed by atoms with Crippen LogP contribution in [0, 0.1) is 19.3 Å². The molecule has 0 radical (unpaired) electrons. The number of thiazole rings is 1. The average Bonchev–Trinajstić information content (AvgIpc) is 3.25. The first-order chi connectivity index (χ1) is 15.6. The number of rotatable bonds is 3. The Morgan fingerprint density at radius 1 is 1.21 bits per heavy atom. The van der Waals surface area contributed by atoms with Gasteiger partial charge < -0.3 is 10.1 Å². The molecule has 0 saturated carbocycles. The van der Waals surface area contributed by atoms with Gasteiger partial charge in [0.1, 0.15) is 15.6 Å². The van der Waals surface area contributed by atoms with Crippen molar-refractivity contribution in [3.05, 3.63) is 39.7 Å². The summed E-state index contributed by atoms with van der Waals surface area (Å²) in [7, 11) is 1.89.